The third-order valence-electron chi connectivity index (χ3n) is 5.07. The van der Waals surface area contributed by atoms with Crippen molar-refractivity contribution in [2.24, 2.45) is 0 Å². The molecule has 3 aromatic rings. The van der Waals surface area contributed by atoms with Gasteiger partial charge in [0.25, 0.3) is 0 Å². The molecule has 144 valence electrons. The first kappa shape index (κ1) is 18.4. The molecule has 3 heterocycles. The van der Waals surface area contributed by atoms with Crippen LogP contribution < -0.4 is 5.43 Å². The number of hydrogen-bond acceptors (Lipinski definition) is 4. The lowest BCUT2D eigenvalue weighted by atomic mass is 10.2. The molecular weight excluding hydrogens is 354 g/mol. The van der Waals surface area contributed by atoms with Gasteiger partial charge in [-0.1, -0.05) is 18.2 Å². The van der Waals surface area contributed by atoms with Gasteiger partial charge in [-0.15, -0.1) is 0 Å². The lowest BCUT2D eigenvalue weighted by molar-refractivity contribution is -0.134. The Balaban J connectivity index is 1.58. The summed E-state index contributed by atoms with van der Waals surface area (Å²) >= 11 is 0. The molecule has 0 spiro atoms. The van der Waals surface area contributed by atoms with Gasteiger partial charge in [-0.25, -0.2) is 0 Å². The number of aromatic nitrogens is 2. The largest absolute Gasteiger partial charge is 0.376 e. The van der Waals surface area contributed by atoms with Crippen LogP contribution in [0.2, 0.25) is 0 Å². The summed E-state index contributed by atoms with van der Waals surface area (Å²) in [6.45, 7) is 1.91. The number of rotatable bonds is 6. The number of carbonyl (C=O) groups is 1. The minimum Gasteiger partial charge on any atom is -0.376 e. The van der Waals surface area contributed by atoms with Gasteiger partial charge in [0.1, 0.15) is 6.54 Å². The summed E-state index contributed by atoms with van der Waals surface area (Å²) < 4.78 is 7.58. The van der Waals surface area contributed by atoms with Crippen molar-refractivity contribution in [3.63, 3.8) is 0 Å². The third-order valence-corrected chi connectivity index (χ3v) is 5.07. The van der Waals surface area contributed by atoms with Crippen LogP contribution in [0.1, 0.15) is 18.5 Å². The van der Waals surface area contributed by atoms with Crippen molar-refractivity contribution in [1.29, 1.82) is 0 Å². The molecular formula is C22H23N3O3. The second-order valence-corrected chi connectivity index (χ2v) is 7.06. The van der Waals surface area contributed by atoms with Gasteiger partial charge in [-0.05, 0) is 37.1 Å². The van der Waals surface area contributed by atoms with Crippen LogP contribution in [0.25, 0.3) is 10.9 Å². The highest BCUT2D eigenvalue weighted by Crippen LogP contribution is 2.16. The van der Waals surface area contributed by atoms with E-state index in [0.717, 1.165) is 30.7 Å². The number of ether oxygens (including phenoxy) is 1. The van der Waals surface area contributed by atoms with Crippen molar-refractivity contribution in [3.8, 4) is 0 Å². The zero-order valence-corrected chi connectivity index (χ0v) is 15.7. The van der Waals surface area contributed by atoms with Gasteiger partial charge in [-0.2, -0.15) is 0 Å². The average molecular weight is 377 g/mol. The van der Waals surface area contributed by atoms with Gasteiger partial charge in [-0.3, -0.25) is 14.6 Å². The SMILES string of the molecule is O=C(Cn1ccc(=O)c2ccccc21)N(Cc1ccccn1)CC1CCCO1. The van der Waals surface area contributed by atoms with Crippen LogP contribution in [0, 0.1) is 0 Å². The maximum absolute atomic E-state index is 13.2. The van der Waals surface area contributed by atoms with Crippen molar-refractivity contribution >= 4 is 16.8 Å². The van der Waals surface area contributed by atoms with E-state index < -0.39 is 0 Å². The summed E-state index contributed by atoms with van der Waals surface area (Å²) in [5.41, 5.74) is 1.57. The molecule has 0 saturated carbocycles. The Hall–Kier alpha value is -2.99. The number of amides is 1. The Labute approximate surface area is 163 Å². The Bertz CT molecular complexity index is 1010. The summed E-state index contributed by atoms with van der Waals surface area (Å²) in [4.78, 5) is 31.4. The van der Waals surface area contributed by atoms with E-state index in [1.165, 1.54) is 6.07 Å². The van der Waals surface area contributed by atoms with Crippen LogP contribution in [-0.2, 0) is 22.6 Å². The van der Waals surface area contributed by atoms with E-state index in [2.05, 4.69) is 4.98 Å². The molecule has 1 aliphatic heterocycles. The fourth-order valence-electron chi connectivity index (χ4n) is 3.62. The van der Waals surface area contributed by atoms with Crippen molar-refractivity contribution in [2.75, 3.05) is 13.2 Å². The Kier molecular flexibility index (Phi) is 5.48. The van der Waals surface area contributed by atoms with Crippen LogP contribution in [0.4, 0.5) is 0 Å². The summed E-state index contributed by atoms with van der Waals surface area (Å²) in [6, 6.07) is 14.6. The summed E-state index contributed by atoms with van der Waals surface area (Å²) in [7, 11) is 0. The van der Waals surface area contributed by atoms with Crippen molar-refractivity contribution in [1.82, 2.24) is 14.5 Å². The Morgan fingerprint density at radius 2 is 2.04 bits per heavy atom. The van der Waals surface area contributed by atoms with E-state index in [0.29, 0.717) is 18.5 Å². The molecule has 1 fully saturated rings. The number of pyridine rings is 2. The van der Waals surface area contributed by atoms with E-state index in [1.54, 1.807) is 18.5 Å². The molecule has 1 unspecified atom stereocenters. The fourth-order valence-corrected chi connectivity index (χ4v) is 3.62. The molecule has 28 heavy (non-hydrogen) atoms. The topological polar surface area (TPSA) is 64.4 Å². The third kappa shape index (κ3) is 4.12. The lowest BCUT2D eigenvalue weighted by Crippen LogP contribution is -2.39. The van der Waals surface area contributed by atoms with Crippen LogP contribution in [-0.4, -0.2) is 39.6 Å². The molecule has 0 N–H and O–H groups in total. The number of fused-ring (bicyclic) bond motifs is 1. The molecule has 0 radical (unpaired) electrons. The fraction of sp³-hybridized carbons (Fsp3) is 0.318. The predicted octanol–water partition coefficient (Wildman–Crippen LogP) is 2.60. The standard InChI is InChI=1S/C22H23N3O3/c26-21-10-12-24(20-9-2-1-8-19(20)21)16-22(27)25(15-18-7-5-13-28-18)14-17-6-3-4-11-23-17/h1-4,6,8-12,18H,5,7,13-16H2. The summed E-state index contributed by atoms with van der Waals surface area (Å²) in [5, 5.41) is 0.619. The zero-order valence-electron chi connectivity index (χ0n) is 15.7. The van der Waals surface area contributed by atoms with E-state index in [9.17, 15) is 9.59 Å². The van der Waals surface area contributed by atoms with Gasteiger partial charge in [0.2, 0.25) is 5.91 Å². The molecule has 6 nitrogen and oxygen atoms in total. The van der Waals surface area contributed by atoms with Crippen LogP contribution >= 0.6 is 0 Å². The van der Waals surface area contributed by atoms with Crippen LogP contribution in [0.5, 0.6) is 0 Å². The van der Waals surface area contributed by atoms with Gasteiger partial charge in [0, 0.05) is 37.0 Å². The molecule has 0 aliphatic carbocycles. The zero-order chi connectivity index (χ0) is 19.3. The molecule has 6 heteroatoms. The molecule has 0 bridgehead atoms. The first-order chi connectivity index (χ1) is 13.7. The second-order valence-electron chi connectivity index (χ2n) is 7.06. The maximum Gasteiger partial charge on any atom is 0.242 e. The number of nitrogens with zero attached hydrogens (tertiary/aromatic N) is 3. The van der Waals surface area contributed by atoms with Crippen LogP contribution in [0.15, 0.2) is 65.7 Å². The molecule has 1 atom stereocenters. The number of benzene rings is 1. The minimum absolute atomic E-state index is 0.0186. The molecule has 1 amide bonds. The minimum atomic E-state index is -0.0380. The first-order valence-corrected chi connectivity index (χ1v) is 9.58. The Morgan fingerprint density at radius 3 is 2.82 bits per heavy atom. The highest BCUT2D eigenvalue weighted by molar-refractivity contribution is 5.82. The average Bonchev–Trinajstić information content (AvgIpc) is 3.24. The van der Waals surface area contributed by atoms with Gasteiger partial charge in [0.05, 0.1) is 23.9 Å². The van der Waals surface area contributed by atoms with Gasteiger partial charge >= 0.3 is 0 Å². The van der Waals surface area contributed by atoms with E-state index in [4.69, 9.17) is 4.74 Å². The highest BCUT2D eigenvalue weighted by Gasteiger charge is 2.23. The second kappa shape index (κ2) is 8.35. The number of para-hydroxylation sites is 1. The monoisotopic (exact) mass is 377 g/mol. The molecule has 4 rings (SSSR count). The molecule has 1 saturated heterocycles. The summed E-state index contributed by atoms with van der Waals surface area (Å²) in [5.74, 6) is -0.0186. The van der Waals surface area contributed by atoms with Gasteiger partial charge < -0.3 is 14.2 Å². The van der Waals surface area contributed by atoms with Gasteiger partial charge in [0.15, 0.2) is 5.43 Å². The quantitative estimate of drug-likeness (QED) is 0.662. The van der Waals surface area contributed by atoms with Crippen molar-refractivity contribution in [3.05, 3.63) is 76.8 Å². The first-order valence-electron chi connectivity index (χ1n) is 9.58. The van der Waals surface area contributed by atoms with E-state index in [-0.39, 0.29) is 24.0 Å². The van der Waals surface area contributed by atoms with Crippen molar-refractivity contribution in [2.45, 2.75) is 32.0 Å². The highest BCUT2D eigenvalue weighted by atomic mass is 16.5. The Morgan fingerprint density at radius 1 is 1.18 bits per heavy atom. The summed E-state index contributed by atoms with van der Waals surface area (Å²) in [6.07, 6.45) is 5.49. The predicted molar refractivity (Wildman–Crippen MR) is 107 cm³/mol. The normalized spacial score (nSPS) is 16.4. The van der Waals surface area contributed by atoms with Crippen molar-refractivity contribution < 1.29 is 9.53 Å². The van der Waals surface area contributed by atoms with E-state index in [1.807, 2.05) is 45.9 Å². The number of hydrogen-bond donors (Lipinski definition) is 0. The smallest absolute Gasteiger partial charge is 0.242 e. The van der Waals surface area contributed by atoms with Crippen LogP contribution in [0.3, 0.4) is 0 Å². The number of carbonyl (C=O) groups excluding carboxylic acids is 1. The maximum atomic E-state index is 13.2. The lowest BCUT2D eigenvalue weighted by Gasteiger charge is -2.26. The molecule has 1 aliphatic rings. The van der Waals surface area contributed by atoms with E-state index >= 15 is 0 Å². The molecule has 2 aromatic heterocycles. The molecule has 1 aromatic carbocycles.